The van der Waals surface area contributed by atoms with Crippen LogP contribution < -0.4 is 9.47 Å². The van der Waals surface area contributed by atoms with E-state index in [1.165, 1.54) is 0 Å². The maximum absolute atomic E-state index is 10.2. The Balaban J connectivity index is 1.37. The van der Waals surface area contributed by atoms with E-state index in [1.807, 2.05) is 78.9 Å². The van der Waals surface area contributed by atoms with E-state index in [-0.39, 0.29) is 13.2 Å². The van der Waals surface area contributed by atoms with Crippen LogP contribution in [0.15, 0.2) is 94.7 Å². The molecule has 4 nitrogen and oxygen atoms in total. The van der Waals surface area contributed by atoms with Gasteiger partial charge < -0.3 is 19.7 Å². The Morgan fingerprint density at radius 3 is 1.47 bits per heavy atom. The molecule has 2 unspecified atom stereocenters. The second-order valence-electron chi connectivity index (χ2n) is 6.65. The minimum Gasteiger partial charge on any atom is -0.491 e. The molecule has 0 aromatic heterocycles. The van der Waals surface area contributed by atoms with E-state index in [0.29, 0.717) is 23.0 Å². The van der Waals surface area contributed by atoms with Crippen molar-refractivity contribution in [2.45, 2.75) is 22.0 Å². The Morgan fingerprint density at radius 1 is 0.600 bits per heavy atom. The maximum atomic E-state index is 10.2. The molecule has 0 saturated heterocycles. The van der Waals surface area contributed by atoms with Crippen molar-refractivity contribution >= 4 is 23.5 Å². The summed E-state index contributed by atoms with van der Waals surface area (Å²) in [7, 11) is 0. The Bertz CT molecular complexity index is 793. The lowest BCUT2D eigenvalue weighted by molar-refractivity contribution is 0.122. The highest BCUT2D eigenvalue weighted by Gasteiger charge is 2.09. The second-order valence-corrected chi connectivity index (χ2v) is 8.84. The van der Waals surface area contributed by atoms with E-state index in [4.69, 9.17) is 9.47 Å². The summed E-state index contributed by atoms with van der Waals surface area (Å²) in [6.45, 7) is 0.416. The monoisotopic (exact) mass is 442 g/mol. The van der Waals surface area contributed by atoms with Crippen molar-refractivity contribution in [3.8, 4) is 11.5 Å². The normalized spacial score (nSPS) is 12.9. The summed E-state index contributed by atoms with van der Waals surface area (Å²) in [6, 6.07) is 27.2. The van der Waals surface area contributed by atoms with E-state index in [2.05, 4.69) is 0 Å². The number of hydrogen-bond donors (Lipinski definition) is 2. The number of rotatable bonds is 12. The summed E-state index contributed by atoms with van der Waals surface area (Å²) in [5.74, 6) is 2.38. The molecule has 3 rings (SSSR count). The van der Waals surface area contributed by atoms with E-state index in [0.717, 1.165) is 9.79 Å². The Morgan fingerprint density at radius 2 is 1.03 bits per heavy atom. The average Bonchev–Trinajstić information content (AvgIpc) is 2.80. The molecule has 0 saturated carbocycles. The predicted octanol–water partition coefficient (Wildman–Crippen LogP) is 4.75. The number of thioether (sulfide) groups is 2. The molecule has 0 heterocycles. The Hall–Kier alpha value is -2.12. The van der Waals surface area contributed by atoms with E-state index >= 15 is 0 Å². The van der Waals surface area contributed by atoms with Gasteiger partial charge in [-0.15, -0.1) is 23.5 Å². The first-order valence-electron chi connectivity index (χ1n) is 9.76. The fraction of sp³-hybridized carbons (Fsp3) is 0.250. The zero-order valence-corrected chi connectivity index (χ0v) is 18.2. The molecule has 0 aliphatic rings. The molecule has 0 bridgehead atoms. The first kappa shape index (κ1) is 22.6. The Labute approximate surface area is 186 Å². The number of aliphatic hydroxyl groups excluding tert-OH is 2. The molecule has 0 fully saturated rings. The van der Waals surface area contributed by atoms with Crippen molar-refractivity contribution in [2.75, 3.05) is 24.7 Å². The van der Waals surface area contributed by atoms with Gasteiger partial charge in [-0.3, -0.25) is 0 Å². The van der Waals surface area contributed by atoms with Gasteiger partial charge in [0.2, 0.25) is 0 Å². The van der Waals surface area contributed by atoms with Crippen LogP contribution in [0.3, 0.4) is 0 Å². The minimum absolute atomic E-state index is 0.208. The molecular weight excluding hydrogens is 416 g/mol. The molecule has 3 aromatic rings. The molecule has 6 heteroatoms. The third kappa shape index (κ3) is 8.32. The van der Waals surface area contributed by atoms with Gasteiger partial charge in [0, 0.05) is 27.4 Å². The zero-order valence-electron chi connectivity index (χ0n) is 16.6. The van der Waals surface area contributed by atoms with Crippen LogP contribution in [-0.2, 0) is 0 Å². The van der Waals surface area contributed by atoms with E-state index < -0.39 is 12.2 Å². The van der Waals surface area contributed by atoms with E-state index in [9.17, 15) is 10.2 Å². The third-order valence-electron chi connectivity index (χ3n) is 4.06. The SMILES string of the molecule is OC(COc1cccc(OCC(O)CSc2ccccc2)c1)CSc1ccccc1. The van der Waals surface area contributed by atoms with Gasteiger partial charge in [-0.25, -0.2) is 0 Å². The van der Waals surface area contributed by atoms with Crippen LogP contribution in [0.4, 0.5) is 0 Å². The largest absolute Gasteiger partial charge is 0.491 e. The number of ether oxygens (including phenoxy) is 2. The highest BCUT2D eigenvalue weighted by Crippen LogP contribution is 2.22. The number of hydrogen-bond acceptors (Lipinski definition) is 6. The summed E-state index contributed by atoms with van der Waals surface area (Å²) in [4.78, 5) is 2.24. The van der Waals surface area contributed by atoms with Crippen LogP contribution in [0, 0.1) is 0 Å². The van der Waals surface area contributed by atoms with Gasteiger partial charge >= 0.3 is 0 Å². The molecule has 2 atom stereocenters. The van der Waals surface area contributed by atoms with Crippen LogP contribution in [0.5, 0.6) is 11.5 Å². The van der Waals surface area contributed by atoms with Crippen molar-refractivity contribution in [1.82, 2.24) is 0 Å². The van der Waals surface area contributed by atoms with Gasteiger partial charge in [-0.05, 0) is 36.4 Å². The highest BCUT2D eigenvalue weighted by atomic mass is 32.2. The van der Waals surface area contributed by atoms with Gasteiger partial charge in [0.05, 0.1) is 12.2 Å². The summed E-state index contributed by atoms with van der Waals surface area (Å²) in [5, 5.41) is 20.3. The fourth-order valence-electron chi connectivity index (χ4n) is 2.55. The molecular formula is C24H26O4S2. The van der Waals surface area contributed by atoms with Crippen molar-refractivity contribution in [3.63, 3.8) is 0 Å². The van der Waals surface area contributed by atoms with Crippen LogP contribution in [0.1, 0.15) is 0 Å². The molecule has 0 spiro atoms. The quantitative estimate of drug-likeness (QED) is 0.395. The molecule has 30 heavy (non-hydrogen) atoms. The third-order valence-corrected chi connectivity index (χ3v) is 6.38. The predicted molar refractivity (Wildman–Crippen MR) is 124 cm³/mol. The van der Waals surface area contributed by atoms with Gasteiger partial charge in [0.25, 0.3) is 0 Å². The summed E-state index contributed by atoms with van der Waals surface area (Å²) < 4.78 is 11.4. The zero-order chi connectivity index (χ0) is 21.0. The fourth-order valence-corrected chi connectivity index (χ4v) is 4.21. The van der Waals surface area contributed by atoms with Gasteiger partial charge in [0.15, 0.2) is 0 Å². The van der Waals surface area contributed by atoms with Crippen LogP contribution in [0.25, 0.3) is 0 Å². The standard InChI is InChI=1S/C24H26O4S2/c25-19(17-29-23-10-3-1-4-11-23)15-27-21-8-7-9-22(14-21)28-16-20(26)18-30-24-12-5-2-6-13-24/h1-14,19-20,25-26H,15-18H2. The smallest absolute Gasteiger partial charge is 0.123 e. The maximum Gasteiger partial charge on any atom is 0.123 e. The average molecular weight is 443 g/mol. The van der Waals surface area contributed by atoms with Crippen molar-refractivity contribution < 1.29 is 19.7 Å². The lowest BCUT2D eigenvalue weighted by Crippen LogP contribution is -2.20. The summed E-state index contributed by atoms with van der Waals surface area (Å²) in [6.07, 6.45) is -1.15. The van der Waals surface area contributed by atoms with Gasteiger partial charge in [0.1, 0.15) is 24.7 Å². The second kappa shape index (κ2) is 12.5. The van der Waals surface area contributed by atoms with Crippen molar-refractivity contribution in [3.05, 3.63) is 84.9 Å². The topological polar surface area (TPSA) is 58.9 Å². The molecule has 0 aliphatic carbocycles. The summed E-state index contributed by atoms with van der Waals surface area (Å²) >= 11 is 3.19. The van der Waals surface area contributed by atoms with Crippen molar-refractivity contribution in [1.29, 1.82) is 0 Å². The first-order chi connectivity index (χ1) is 14.7. The summed E-state index contributed by atoms with van der Waals surface area (Å²) in [5.41, 5.74) is 0. The van der Waals surface area contributed by atoms with Crippen LogP contribution in [0.2, 0.25) is 0 Å². The van der Waals surface area contributed by atoms with Gasteiger partial charge in [-0.2, -0.15) is 0 Å². The number of benzene rings is 3. The first-order valence-corrected chi connectivity index (χ1v) is 11.7. The molecule has 0 aliphatic heterocycles. The molecule has 2 N–H and O–H groups in total. The molecule has 0 amide bonds. The minimum atomic E-state index is -0.573. The molecule has 3 aromatic carbocycles. The molecule has 0 radical (unpaired) electrons. The van der Waals surface area contributed by atoms with E-state index in [1.54, 1.807) is 29.6 Å². The lowest BCUT2D eigenvalue weighted by atomic mass is 10.3. The highest BCUT2D eigenvalue weighted by molar-refractivity contribution is 7.99. The van der Waals surface area contributed by atoms with Gasteiger partial charge in [-0.1, -0.05) is 42.5 Å². The number of aliphatic hydroxyl groups is 2. The van der Waals surface area contributed by atoms with Crippen LogP contribution >= 0.6 is 23.5 Å². The molecule has 158 valence electrons. The Kier molecular flexibility index (Phi) is 9.44. The van der Waals surface area contributed by atoms with Crippen LogP contribution in [-0.4, -0.2) is 47.1 Å². The lowest BCUT2D eigenvalue weighted by Gasteiger charge is -2.14. The van der Waals surface area contributed by atoms with Crippen molar-refractivity contribution in [2.24, 2.45) is 0 Å².